The molecule has 1 amide bonds. The van der Waals surface area contributed by atoms with Crippen LogP contribution in [-0.2, 0) is 9.59 Å². The van der Waals surface area contributed by atoms with Crippen LogP contribution in [0.25, 0.3) is 0 Å². The van der Waals surface area contributed by atoms with Gasteiger partial charge in [-0.2, -0.15) is 0 Å². The largest absolute Gasteiger partial charge is 0.493 e. The smallest absolute Gasteiger partial charge is 0.323 e. The van der Waals surface area contributed by atoms with Crippen LogP contribution in [0.15, 0.2) is 48.5 Å². The van der Waals surface area contributed by atoms with Gasteiger partial charge in [0.25, 0.3) is 0 Å². The third-order valence-corrected chi connectivity index (χ3v) is 5.14. The lowest BCUT2D eigenvalue weighted by atomic mass is 10.0. The predicted octanol–water partition coefficient (Wildman–Crippen LogP) is 2.96. The van der Waals surface area contributed by atoms with Gasteiger partial charge in [0.2, 0.25) is 5.91 Å². The molecule has 3 rings (SSSR count). The van der Waals surface area contributed by atoms with Gasteiger partial charge in [0, 0.05) is 12.2 Å². The number of methoxy groups -OCH3 is 2. The van der Waals surface area contributed by atoms with Crippen molar-refractivity contribution in [3.05, 3.63) is 54.1 Å². The summed E-state index contributed by atoms with van der Waals surface area (Å²) in [5.74, 6) is 0.205. The molecule has 2 aromatic rings. The highest BCUT2D eigenvalue weighted by molar-refractivity contribution is 5.84. The number of rotatable bonds is 8. The van der Waals surface area contributed by atoms with Crippen molar-refractivity contribution in [3.63, 3.8) is 0 Å². The Hall–Kier alpha value is -3.22. The van der Waals surface area contributed by atoms with E-state index < -0.39 is 5.97 Å². The number of carboxylic acids is 1. The number of hydrogen-bond donors (Lipinski definition) is 1. The number of carboxylic acid groups (broad SMARTS) is 1. The van der Waals surface area contributed by atoms with Gasteiger partial charge in [-0.1, -0.05) is 24.3 Å². The van der Waals surface area contributed by atoms with Gasteiger partial charge in [0.1, 0.15) is 6.54 Å². The fourth-order valence-electron chi connectivity index (χ4n) is 3.77. The number of anilines is 1. The first kappa shape index (κ1) is 20.5. The molecule has 29 heavy (non-hydrogen) atoms. The van der Waals surface area contributed by atoms with Gasteiger partial charge in [-0.3, -0.25) is 9.59 Å². The maximum absolute atomic E-state index is 13.1. The van der Waals surface area contributed by atoms with Gasteiger partial charge < -0.3 is 24.4 Å². The van der Waals surface area contributed by atoms with Crippen molar-refractivity contribution in [2.24, 2.45) is 0 Å². The van der Waals surface area contributed by atoms with Crippen LogP contribution in [0.5, 0.6) is 11.5 Å². The average Bonchev–Trinajstić information content (AvgIpc) is 3.23. The standard InChI is InChI=1S/C22H26N2O5/c1-28-19-11-10-16(13-20(19)29-2)18-9-6-12-24(18)21(25)14-23(15-22(26)27)17-7-4-3-5-8-17/h3-5,7-8,10-11,13,18H,6,9,12,14-15H2,1-2H3,(H,26,27). The van der Waals surface area contributed by atoms with E-state index in [1.165, 1.54) is 0 Å². The van der Waals surface area contributed by atoms with Crippen molar-refractivity contribution in [2.45, 2.75) is 18.9 Å². The Labute approximate surface area is 170 Å². The van der Waals surface area contributed by atoms with Gasteiger partial charge in [-0.05, 0) is 42.7 Å². The minimum atomic E-state index is -0.973. The molecule has 0 saturated carbocycles. The molecule has 1 aliphatic heterocycles. The van der Waals surface area contributed by atoms with E-state index in [1.54, 1.807) is 19.1 Å². The molecule has 0 spiro atoms. The van der Waals surface area contributed by atoms with Crippen LogP contribution < -0.4 is 14.4 Å². The van der Waals surface area contributed by atoms with Gasteiger partial charge in [-0.15, -0.1) is 0 Å². The monoisotopic (exact) mass is 398 g/mol. The number of amides is 1. The number of para-hydroxylation sites is 1. The van der Waals surface area contributed by atoms with E-state index >= 15 is 0 Å². The second kappa shape index (κ2) is 9.32. The Bertz CT molecular complexity index is 856. The summed E-state index contributed by atoms with van der Waals surface area (Å²) >= 11 is 0. The number of ether oxygens (including phenoxy) is 2. The Kier molecular flexibility index (Phi) is 6.59. The first-order valence-electron chi connectivity index (χ1n) is 9.56. The molecule has 154 valence electrons. The Balaban J connectivity index is 1.79. The van der Waals surface area contributed by atoms with Crippen molar-refractivity contribution in [1.82, 2.24) is 4.90 Å². The van der Waals surface area contributed by atoms with Gasteiger partial charge in [-0.25, -0.2) is 0 Å². The predicted molar refractivity (Wildman–Crippen MR) is 110 cm³/mol. The first-order chi connectivity index (χ1) is 14.0. The normalized spacial score (nSPS) is 15.8. The van der Waals surface area contributed by atoms with Crippen LogP contribution in [0.4, 0.5) is 5.69 Å². The zero-order chi connectivity index (χ0) is 20.8. The lowest BCUT2D eigenvalue weighted by Crippen LogP contribution is -2.42. The number of benzene rings is 2. The molecule has 0 radical (unpaired) electrons. The Morgan fingerprint density at radius 1 is 1.07 bits per heavy atom. The highest BCUT2D eigenvalue weighted by atomic mass is 16.5. The van der Waals surface area contributed by atoms with Gasteiger partial charge >= 0.3 is 5.97 Å². The number of carbonyl (C=O) groups is 2. The molecule has 1 heterocycles. The summed E-state index contributed by atoms with van der Waals surface area (Å²) in [6.45, 7) is 0.429. The maximum atomic E-state index is 13.1. The topological polar surface area (TPSA) is 79.3 Å². The second-order valence-electron chi connectivity index (χ2n) is 6.94. The van der Waals surface area contributed by atoms with Crippen molar-refractivity contribution < 1.29 is 24.2 Å². The number of likely N-dealkylation sites (tertiary alicyclic amines) is 1. The molecule has 0 bridgehead atoms. The molecule has 2 aromatic carbocycles. The average molecular weight is 398 g/mol. The number of hydrogen-bond acceptors (Lipinski definition) is 5. The van der Waals surface area contributed by atoms with E-state index in [-0.39, 0.29) is 25.0 Å². The van der Waals surface area contributed by atoms with E-state index in [2.05, 4.69) is 0 Å². The van der Waals surface area contributed by atoms with E-state index in [1.807, 2.05) is 53.4 Å². The molecule has 7 nitrogen and oxygen atoms in total. The van der Waals surface area contributed by atoms with Gasteiger partial charge in [0.15, 0.2) is 11.5 Å². The molecule has 1 saturated heterocycles. The summed E-state index contributed by atoms with van der Waals surface area (Å²) < 4.78 is 10.7. The highest BCUT2D eigenvalue weighted by Gasteiger charge is 2.31. The van der Waals surface area contributed by atoms with Crippen LogP contribution in [-0.4, -0.2) is 55.7 Å². The summed E-state index contributed by atoms with van der Waals surface area (Å²) in [6, 6.07) is 14.8. The Morgan fingerprint density at radius 3 is 2.45 bits per heavy atom. The SMILES string of the molecule is COc1ccc(C2CCCN2C(=O)CN(CC(=O)O)c2ccccc2)cc1OC. The molecule has 1 aliphatic rings. The number of aliphatic carboxylic acids is 1. The van der Waals surface area contributed by atoms with Crippen molar-refractivity contribution in [2.75, 3.05) is 38.8 Å². The molecule has 1 unspecified atom stereocenters. The summed E-state index contributed by atoms with van der Waals surface area (Å²) in [5.41, 5.74) is 1.70. The molecule has 1 atom stereocenters. The minimum absolute atomic E-state index is 0.0140. The molecule has 0 aliphatic carbocycles. The zero-order valence-electron chi connectivity index (χ0n) is 16.7. The first-order valence-corrected chi connectivity index (χ1v) is 9.56. The summed E-state index contributed by atoms with van der Waals surface area (Å²) in [7, 11) is 3.17. The van der Waals surface area contributed by atoms with E-state index in [9.17, 15) is 14.7 Å². The third kappa shape index (κ3) is 4.80. The van der Waals surface area contributed by atoms with Crippen LogP contribution >= 0.6 is 0 Å². The molecule has 0 aromatic heterocycles. The lowest BCUT2D eigenvalue weighted by molar-refractivity contribution is -0.135. The van der Waals surface area contributed by atoms with Crippen LogP contribution in [0, 0.1) is 0 Å². The lowest BCUT2D eigenvalue weighted by Gasteiger charge is -2.29. The summed E-state index contributed by atoms with van der Waals surface area (Å²) in [5, 5.41) is 9.27. The molecular weight excluding hydrogens is 372 g/mol. The summed E-state index contributed by atoms with van der Waals surface area (Å²) in [6.07, 6.45) is 1.75. The van der Waals surface area contributed by atoms with Crippen LogP contribution in [0.1, 0.15) is 24.4 Å². The fourth-order valence-corrected chi connectivity index (χ4v) is 3.77. The van der Waals surface area contributed by atoms with E-state index in [0.29, 0.717) is 23.7 Å². The molecule has 1 N–H and O–H groups in total. The quantitative estimate of drug-likeness (QED) is 0.737. The van der Waals surface area contributed by atoms with Crippen LogP contribution in [0.2, 0.25) is 0 Å². The molecule has 7 heteroatoms. The minimum Gasteiger partial charge on any atom is -0.493 e. The van der Waals surface area contributed by atoms with Crippen LogP contribution in [0.3, 0.4) is 0 Å². The molecule has 1 fully saturated rings. The zero-order valence-corrected chi connectivity index (χ0v) is 16.7. The Morgan fingerprint density at radius 2 is 1.79 bits per heavy atom. The van der Waals surface area contributed by atoms with E-state index in [4.69, 9.17) is 9.47 Å². The number of carbonyl (C=O) groups excluding carboxylic acids is 1. The maximum Gasteiger partial charge on any atom is 0.323 e. The van der Waals surface area contributed by atoms with E-state index in [0.717, 1.165) is 18.4 Å². The number of nitrogens with zero attached hydrogens (tertiary/aromatic N) is 2. The van der Waals surface area contributed by atoms with Crippen molar-refractivity contribution >= 4 is 17.6 Å². The second-order valence-corrected chi connectivity index (χ2v) is 6.94. The van der Waals surface area contributed by atoms with Crippen molar-refractivity contribution in [1.29, 1.82) is 0 Å². The highest BCUT2D eigenvalue weighted by Crippen LogP contribution is 2.37. The summed E-state index contributed by atoms with van der Waals surface area (Å²) in [4.78, 5) is 27.8. The van der Waals surface area contributed by atoms with Gasteiger partial charge in [0.05, 0.1) is 26.8 Å². The molecular formula is C22H26N2O5. The van der Waals surface area contributed by atoms with Crippen molar-refractivity contribution in [3.8, 4) is 11.5 Å². The third-order valence-electron chi connectivity index (χ3n) is 5.14. The fraction of sp³-hybridized carbons (Fsp3) is 0.364.